The second kappa shape index (κ2) is 36.0. The first kappa shape index (κ1) is 55.5. The normalized spacial score (nSPS) is 18.1. The fourth-order valence-corrected chi connectivity index (χ4v) is 6.66. The number of allylic oxidation sites excluding steroid dienone is 10. The van der Waals surface area contributed by atoms with Crippen molar-refractivity contribution in [2.75, 3.05) is 26.4 Å². The number of hydrogen-bond acceptors (Lipinski definition) is 11. The number of ether oxygens (including phenoxy) is 3. The Bertz CT molecular complexity index is 1400. The molecule has 5 atom stereocenters. The number of epoxide rings is 1. The molecule has 1 aliphatic rings. The van der Waals surface area contributed by atoms with Crippen molar-refractivity contribution < 1.29 is 66.3 Å². The van der Waals surface area contributed by atoms with Gasteiger partial charge in [-0.05, 0) is 89.9 Å². The van der Waals surface area contributed by atoms with Crippen molar-refractivity contribution >= 4 is 27.6 Å². The summed E-state index contributed by atoms with van der Waals surface area (Å²) in [5.41, 5.74) is 0. The molecule has 1 aliphatic heterocycles. The Kier molecular flexibility index (Phi) is 33.4. The van der Waals surface area contributed by atoms with Gasteiger partial charge in [-0.1, -0.05) is 112 Å². The first-order chi connectivity index (χ1) is 28.8. The molecular formula is C44H74O14P2. The fraction of sp³-hybridized carbons (Fsp3) is 0.682. The van der Waals surface area contributed by atoms with Crippen LogP contribution in [0.25, 0.3) is 0 Å². The zero-order valence-corrected chi connectivity index (χ0v) is 37.8. The lowest BCUT2D eigenvalue weighted by Gasteiger charge is -2.20. The lowest BCUT2D eigenvalue weighted by Crippen LogP contribution is -2.29. The molecule has 16 heteroatoms. The van der Waals surface area contributed by atoms with Crippen LogP contribution in [0.3, 0.4) is 0 Å². The molecule has 1 saturated heterocycles. The minimum atomic E-state index is -4.88. The van der Waals surface area contributed by atoms with Crippen molar-refractivity contribution in [3.8, 4) is 0 Å². The first-order valence-corrected chi connectivity index (χ1v) is 24.8. The maximum Gasteiger partial charge on any atom is 0.472 e. The molecule has 0 aromatic heterocycles. The van der Waals surface area contributed by atoms with E-state index in [9.17, 15) is 28.7 Å². The van der Waals surface area contributed by atoms with Gasteiger partial charge in [0.25, 0.3) is 0 Å². The van der Waals surface area contributed by atoms with E-state index in [-0.39, 0.29) is 18.9 Å². The first-order valence-electron chi connectivity index (χ1n) is 21.8. The zero-order valence-electron chi connectivity index (χ0n) is 36.0. The van der Waals surface area contributed by atoms with Gasteiger partial charge in [0.2, 0.25) is 0 Å². The number of rotatable bonds is 39. The molecule has 1 heterocycles. The van der Waals surface area contributed by atoms with Crippen LogP contribution in [-0.4, -0.2) is 82.6 Å². The number of aliphatic hydroxyl groups is 1. The van der Waals surface area contributed by atoms with Crippen LogP contribution in [0.15, 0.2) is 72.9 Å². The van der Waals surface area contributed by atoms with Crippen molar-refractivity contribution in [2.45, 2.75) is 167 Å². The lowest BCUT2D eigenvalue weighted by molar-refractivity contribution is -0.161. The van der Waals surface area contributed by atoms with Crippen molar-refractivity contribution in [3.05, 3.63) is 72.9 Å². The summed E-state index contributed by atoms with van der Waals surface area (Å²) in [6.07, 6.45) is 40.8. The van der Waals surface area contributed by atoms with Crippen LogP contribution in [0.5, 0.6) is 0 Å². The predicted octanol–water partition coefficient (Wildman–Crippen LogP) is 9.99. The number of aliphatic hydroxyl groups excluding tert-OH is 1. The van der Waals surface area contributed by atoms with E-state index in [2.05, 4.69) is 83.7 Å². The Morgan fingerprint density at radius 3 is 1.58 bits per heavy atom. The predicted molar refractivity (Wildman–Crippen MR) is 234 cm³/mol. The van der Waals surface area contributed by atoms with Crippen LogP contribution in [0, 0.1) is 0 Å². The van der Waals surface area contributed by atoms with E-state index in [1.165, 1.54) is 38.5 Å². The van der Waals surface area contributed by atoms with E-state index in [0.29, 0.717) is 25.4 Å². The van der Waals surface area contributed by atoms with Crippen LogP contribution in [0.2, 0.25) is 0 Å². The highest BCUT2D eigenvalue weighted by atomic mass is 31.2. The van der Waals surface area contributed by atoms with Gasteiger partial charge >= 0.3 is 27.6 Å². The van der Waals surface area contributed by atoms with Crippen LogP contribution >= 0.6 is 15.6 Å². The molecule has 3 unspecified atom stereocenters. The minimum absolute atomic E-state index is 0.0383. The maximum absolute atomic E-state index is 12.7. The Morgan fingerprint density at radius 2 is 1.02 bits per heavy atom. The third-order valence-electron chi connectivity index (χ3n) is 8.96. The topological polar surface area (TPSA) is 208 Å². The SMILES string of the molecule is CCCCC/C=C\C/C=C\C/C=C\CCCCC(=O)OC[C@H](COP(=O)(O)OC[C@@H](O)COP(=O)(O)O)OC(=O)CCC/C=C\C/C=C\CC1OC1C/C=C\CCCCC. The largest absolute Gasteiger partial charge is 0.472 e. The smallest absolute Gasteiger partial charge is 0.462 e. The lowest BCUT2D eigenvalue weighted by atomic mass is 10.1. The number of esters is 2. The van der Waals surface area contributed by atoms with Gasteiger partial charge < -0.3 is 34.0 Å². The van der Waals surface area contributed by atoms with Gasteiger partial charge in [0.15, 0.2) is 6.10 Å². The summed E-state index contributed by atoms with van der Waals surface area (Å²) >= 11 is 0. The molecule has 0 aliphatic carbocycles. The molecule has 14 nitrogen and oxygen atoms in total. The summed E-state index contributed by atoms with van der Waals surface area (Å²) in [7, 11) is -9.71. The summed E-state index contributed by atoms with van der Waals surface area (Å²) in [5.74, 6) is -1.15. The van der Waals surface area contributed by atoms with Gasteiger partial charge in [-0.25, -0.2) is 9.13 Å². The highest BCUT2D eigenvalue weighted by Gasteiger charge is 2.36. The van der Waals surface area contributed by atoms with E-state index in [1.807, 2.05) is 12.2 Å². The summed E-state index contributed by atoms with van der Waals surface area (Å²) in [5, 5.41) is 9.74. The summed E-state index contributed by atoms with van der Waals surface area (Å²) < 4.78 is 53.4. The molecule has 1 rings (SSSR count). The van der Waals surface area contributed by atoms with Gasteiger partial charge in [-0.2, -0.15) is 0 Å². The molecule has 0 aromatic carbocycles. The third-order valence-corrected chi connectivity index (χ3v) is 10.4. The fourth-order valence-electron chi connectivity index (χ4n) is 5.50. The maximum atomic E-state index is 12.7. The van der Waals surface area contributed by atoms with Crippen molar-refractivity contribution in [1.82, 2.24) is 0 Å². The number of phosphoric acid groups is 2. The number of carbonyl (C=O) groups is 2. The minimum Gasteiger partial charge on any atom is -0.462 e. The molecule has 344 valence electrons. The van der Waals surface area contributed by atoms with Crippen LogP contribution in [0.4, 0.5) is 0 Å². The highest BCUT2D eigenvalue weighted by Crippen LogP contribution is 2.44. The monoisotopic (exact) mass is 888 g/mol. The van der Waals surface area contributed by atoms with Gasteiger partial charge in [-0.15, -0.1) is 0 Å². The van der Waals surface area contributed by atoms with Gasteiger partial charge in [-0.3, -0.25) is 23.2 Å². The number of phosphoric ester groups is 2. The van der Waals surface area contributed by atoms with E-state index in [4.69, 9.17) is 28.5 Å². The summed E-state index contributed by atoms with van der Waals surface area (Å²) in [6.45, 7) is 1.57. The second-order valence-corrected chi connectivity index (χ2v) is 17.3. The average molecular weight is 889 g/mol. The van der Waals surface area contributed by atoms with Gasteiger partial charge in [0.1, 0.15) is 12.7 Å². The molecule has 0 saturated carbocycles. The van der Waals surface area contributed by atoms with Crippen molar-refractivity contribution in [1.29, 1.82) is 0 Å². The van der Waals surface area contributed by atoms with E-state index < -0.39 is 66.2 Å². The molecule has 0 aromatic rings. The van der Waals surface area contributed by atoms with E-state index in [0.717, 1.165) is 57.8 Å². The Morgan fingerprint density at radius 1 is 0.567 bits per heavy atom. The van der Waals surface area contributed by atoms with Crippen molar-refractivity contribution in [3.63, 3.8) is 0 Å². The van der Waals surface area contributed by atoms with Gasteiger partial charge in [0, 0.05) is 12.8 Å². The molecule has 1 fully saturated rings. The van der Waals surface area contributed by atoms with E-state index in [1.54, 1.807) is 0 Å². The number of carbonyl (C=O) groups excluding carboxylic acids is 2. The number of hydrogen-bond donors (Lipinski definition) is 4. The second-order valence-electron chi connectivity index (χ2n) is 14.6. The van der Waals surface area contributed by atoms with E-state index >= 15 is 0 Å². The van der Waals surface area contributed by atoms with Crippen LogP contribution in [0.1, 0.15) is 142 Å². The third kappa shape index (κ3) is 36.2. The number of unbranched alkanes of at least 4 members (excludes halogenated alkanes) is 9. The summed E-state index contributed by atoms with van der Waals surface area (Å²) in [6, 6.07) is 0. The molecule has 0 amide bonds. The van der Waals surface area contributed by atoms with Crippen LogP contribution in [-0.2, 0) is 46.5 Å². The Labute approximate surface area is 359 Å². The molecule has 0 radical (unpaired) electrons. The molecule has 4 N–H and O–H groups in total. The molecule has 0 spiro atoms. The quantitative estimate of drug-likeness (QED) is 0.0149. The average Bonchev–Trinajstić information content (AvgIpc) is 3.96. The zero-order chi connectivity index (χ0) is 44.2. The standard InChI is InChI=1S/C44H74O14P2/c1-3-5-7-9-11-12-13-14-15-16-17-18-21-25-29-33-43(46)53-37-40(38-56-60(51,52)55-36-39(45)35-54-59(48,49)50)57-44(47)34-30-26-22-19-20-24-28-32-42-41(58-42)31-27-23-10-8-6-4-2/h11-12,14-15,17-19,22-24,27-28,39-42,45H,3-10,13,16,20-21,25-26,29-38H2,1-2H3,(H,51,52)(H2,48,49,50)/b12-11-,15-14-,18-17-,22-19-,27-23-,28-24-/t39-,40+,41?,42?/m0/s1. The van der Waals surface area contributed by atoms with Crippen LogP contribution < -0.4 is 0 Å². The Hall–Kier alpha value is -2.48. The molecular weight excluding hydrogens is 814 g/mol. The Balaban J connectivity index is 2.44. The molecule has 0 bridgehead atoms. The summed E-state index contributed by atoms with van der Waals surface area (Å²) in [4.78, 5) is 52.7. The molecule has 60 heavy (non-hydrogen) atoms. The van der Waals surface area contributed by atoms with Gasteiger partial charge in [0.05, 0.1) is 32.0 Å². The van der Waals surface area contributed by atoms with Crippen molar-refractivity contribution in [2.24, 2.45) is 0 Å². The highest BCUT2D eigenvalue weighted by molar-refractivity contribution is 7.47.